The van der Waals surface area contributed by atoms with E-state index in [9.17, 15) is 0 Å². The number of likely N-dealkylation sites (tertiary alicyclic amines) is 1. The predicted molar refractivity (Wildman–Crippen MR) is 113 cm³/mol. The van der Waals surface area contributed by atoms with Crippen LogP contribution in [-0.4, -0.2) is 68.8 Å². The molecule has 27 heavy (non-hydrogen) atoms. The van der Waals surface area contributed by atoms with Gasteiger partial charge in [0.05, 0.1) is 0 Å². The van der Waals surface area contributed by atoms with E-state index in [1.54, 1.807) is 0 Å². The molecule has 8 heteroatoms. The zero-order valence-electron chi connectivity index (χ0n) is 17.2. The number of likely N-dealkylation sites (N-methyl/N-ethyl adjacent to an activating group) is 1. The van der Waals surface area contributed by atoms with E-state index in [1.165, 1.54) is 38.6 Å². The number of nitrogens with zero attached hydrogens (tertiary/aromatic N) is 5. The largest absolute Gasteiger partial charge is 0.355 e. The fourth-order valence-electron chi connectivity index (χ4n) is 4.13. The third-order valence-corrected chi connectivity index (χ3v) is 7.13. The van der Waals surface area contributed by atoms with Gasteiger partial charge in [-0.25, -0.2) is 4.99 Å². The van der Waals surface area contributed by atoms with Gasteiger partial charge in [-0.15, -0.1) is 10.2 Å². The van der Waals surface area contributed by atoms with Gasteiger partial charge < -0.3 is 15.2 Å². The lowest BCUT2D eigenvalue weighted by Gasteiger charge is -2.25. The van der Waals surface area contributed by atoms with Crippen molar-refractivity contribution < 1.29 is 0 Å². The lowest BCUT2D eigenvalue weighted by Crippen LogP contribution is -2.47. The van der Waals surface area contributed by atoms with Gasteiger partial charge in [0.15, 0.2) is 11.8 Å². The van der Waals surface area contributed by atoms with Gasteiger partial charge in [-0.05, 0) is 58.4 Å². The van der Waals surface area contributed by atoms with E-state index in [1.807, 2.05) is 30.3 Å². The predicted octanol–water partition coefficient (Wildman–Crippen LogP) is 1.93. The lowest BCUT2D eigenvalue weighted by atomic mass is 10.2. The fourth-order valence-corrected chi connectivity index (χ4v) is 4.92. The summed E-state index contributed by atoms with van der Waals surface area (Å²) in [6, 6.07) is 1.13. The van der Waals surface area contributed by atoms with Crippen molar-refractivity contribution in [2.75, 3.05) is 25.9 Å². The van der Waals surface area contributed by atoms with Crippen molar-refractivity contribution in [1.29, 1.82) is 0 Å². The van der Waals surface area contributed by atoms with E-state index < -0.39 is 0 Å². The summed E-state index contributed by atoms with van der Waals surface area (Å²) in [4.78, 5) is 7.41. The summed E-state index contributed by atoms with van der Waals surface area (Å²) >= 11 is 1.99. The van der Waals surface area contributed by atoms with Crippen molar-refractivity contribution in [3.8, 4) is 0 Å². The summed E-state index contributed by atoms with van der Waals surface area (Å²) in [5.41, 5.74) is 0. The van der Waals surface area contributed by atoms with Gasteiger partial charge in [-0.3, -0.25) is 4.90 Å². The first-order valence-corrected chi connectivity index (χ1v) is 11.6. The zero-order chi connectivity index (χ0) is 19.2. The molecule has 2 aliphatic rings. The fraction of sp³-hybridized carbons (Fsp3) is 0.842. The molecule has 1 saturated carbocycles. The molecule has 0 amide bonds. The van der Waals surface area contributed by atoms with E-state index in [0.717, 1.165) is 35.9 Å². The number of rotatable bonds is 7. The summed E-state index contributed by atoms with van der Waals surface area (Å²) in [6.07, 6.45) is 8.52. The van der Waals surface area contributed by atoms with Crippen LogP contribution in [0.4, 0.5) is 0 Å². The van der Waals surface area contributed by atoms with Crippen LogP contribution in [0.2, 0.25) is 0 Å². The first-order chi connectivity index (χ1) is 13.1. The maximum atomic E-state index is 4.84. The Labute approximate surface area is 167 Å². The van der Waals surface area contributed by atoms with Crippen LogP contribution in [0.25, 0.3) is 0 Å². The quantitative estimate of drug-likeness (QED) is 0.545. The van der Waals surface area contributed by atoms with Gasteiger partial charge in [0, 0.05) is 30.9 Å². The minimum Gasteiger partial charge on any atom is -0.355 e. The molecule has 7 nitrogen and oxygen atoms in total. The highest BCUT2D eigenvalue weighted by Crippen LogP contribution is 2.28. The van der Waals surface area contributed by atoms with Gasteiger partial charge in [0.25, 0.3) is 0 Å². The first kappa shape index (κ1) is 20.5. The molecule has 2 fully saturated rings. The smallest absolute Gasteiger partial charge is 0.191 e. The van der Waals surface area contributed by atoms with E-state index in [0.29, 0.717) is 18.6 Å². The number of aromatic nitrogens is 3. The van der Waals surface area contributed by atoms with E-state index in [4.69, 9.17) is 4.99 Å². The van der Waals surface area contributed by atoms with Crippen molar-refractivity contribution in [2.45, 2.75) is 69.8 Å². The molecule has 1 saturated heterocycles. The first-order valence-electron chi connectivity index (χ1n) is 10.3. The Kier molecular flexibility index (Phi) is 7.41. The zero-order valence-corrected chi connectivity index (χ0v) is 18.1. The summed E-state index contributed by atoms with van der Waals surface area (Å²) in [6.45, 7) is 8.08. The second-order valence-corrected chi connectivity index (χ2v) is 8.84. The van der Waals surface area contributed by atoms with Gasteiger partial charge in [-0.2, -0.15) is 11.8 Å². The lowest BCUT2D eigenvalue weighted by molar-refractivity contribution is 0.266. The molecule has 3 rings (SSSR count). The Morgan fingerprint density at radius 2 is 2.15 bits per heavy atom. The molecule has 1 aliphatic carbocycles. The summed E-state index contributed by atoms with van der Waals surface area (Å²) in [5.74, 6) is 2.74. The van der Waals surface area contributed by atoms with Crippen LogP contribution >= 0.6 is 11.8 Å². The standard InChI is InChI=1S/C19H35N7S/c1-5-26-10-6-7-16(26)12-20-19(22-15-8-9-17(11-15)27-4)21-13-18-24-23-14(2)25(18)3/h15-17H,5-13H2,1-4H3,(H2,20,21,22). The van der Waals surface area contributed by atoms with Crippen molar-refractivity contribution in [3.05, 3.63) is 11.6 Å². The molecule has 1 aromatic heterocycles. The third kappa shape index (κ3) is 5.38. The monoisotopic (exact) mass is 393 g/mol. The van der Waals surface area contributed by atoms with Crippen LogP contribution in [0.3, 0.4) is 0 Å². The second-order valence-electron chi connectivity index (χ2n) is 7.70. The van der Waals surface area contributed by atoms with Crippen LogP contribution < -0.4 is 10.6 Å². The second kappa shape index (κ2) is 9.78. The number of guanidine groups is 1. The number of hydrogen-bond acceptors (Lipinski definition) is 5. The Bertz CT molecular complexity index is 630. The van der Waals surface area contributed by atoms with Crippen LogP contribution in [0.15, 0.2) is 4.99 Å². The summed E-state index contributed by atoms with van der Waals surface area (Å²) < 4.78 is 2.01. The van der Waals surface area contributed by atoms with Crippen LogP contribution in [-0.2, 0) is 13.6 Å². The molecule has 2 N–H and O–H groups in total. The van der Waals surface area contributed by atoms with Gasteiger partial charge in [0.1, 0.15) is 12.4 Å². The van der Waals surface area contributed by atoms with Gasteiger partial charge in [0.2, 0.25) is 0 Å². The topological polar surface area (TPSA) is 70.4 Å². The number of hydrogen-bond donors (Lipinski definition) is 2. The Morgan fingerprint density at radius 1 is 1.30 bits per heavy atom. The van der Waals surface area contributed by atoms with Crippen LogP contribution in [0.5, 0.6) is 0 Å². The SMILES string of the molecule is CCN1CCCC1CNC(=NCc1nnc(C)n1C)NC1CCC(SC)C1. The molecule has 1 aromatic rings. The molecular formula is C19H35N7S. The minimum atomic E-state index is 0.515. The number of aryl methyl sites for hydroxylation is 1. The number of nitrogens with one attached hydrogen (secondary N) is 2. The summed E-state index contributed by atoms with van der Waals surface area (Å²) in [7, 11) is 2.00. The van der Waals surface area contributed by atoms with E-state index in [-0.39, 0.29) is 0 Å². The highest BCUT2D eigenvalue weighted by molar-refractivity contribution is 7.99. The van der Waals surface area contributed by atoms with Crippen molar-refractivity contribution in [3.63, 3.8) is 0 Å². The molecule has 152 valence electrons. The molecule has 0 radical (unpaired) electrons. The van der Waals surface area contributed by atoms with E-state index >= 15 is 0 Å². The average Bonchev–Trinajstić information content (AvgIpc) is 3.39. The summed E-state index contributed by atoms with van der Waals surface area (Å²) in [5, 5.41) is 16.5. The molecule has 0 spiro atoms. The molecular weight excluding hydrogens is 358 g/mol. The molecule has 0 bridgehead atoms. The van der Waals surface area contributed by atoms with E-state index in [2.05, 4.69) is 38.9 Å². The highest BCUT2D eigenvalue weighted by atomic mass is 32.2. The molecule has 3 atom stereocenters. The molecule has 3 unspecified atom stereocenters. The Hall–Kier alpha value is -1.28. The highest BCUT2D eigenvalue weighted by Gasteiger charge is 2.26. The van der Waals surface area contributed by atoms with Gasteiger partial charge >= 0.3 is 0 Å². The molecule has 1 aliphatic heterocycles. The minimum absolute atomic E-state index is 0.515. The van der Waals surface area contributed by atoms with Crippen LogP contribution in [0, 0.1) is 6.92 Å². The number of thioether (sulfide) groups is 1. The third-order valence-electron chi connectivity index (χ3n) is 6.03. The van der Waals surface area contributed by atoms with Crippen molar-refractivity contribution in [2.24, 2.45) is 12.0 Å². The van der Waals surface area contributed by atoms with Crippen molar-refractivity contribution >= 4 is 17.7 Å². The van der Waals surface area contributed by atoms with Crippen LogP contribution in [0.1, 0.15) is 50.7 Å². The maximum absolute atomic E-state index is 4.84. The molecule has 2 heterocycles. The van der Waals surface area contributed by atoms with Crippen molar-refractivity contribution in [1.82, 2.24) is 30.3 Å². The normalized spacial score (nSPS) is 26.7. The Balaban J connectivity index is 1.62. The average molecular weight is 394 g/mol. The Morgan fingerprint density at radius 3 is 2.81 bits per heavy atom. The van der Waals surface area contributed by atoms with Gasteiger partial charge in [-0.1, -0.05) is 6.92 Å². The molecule has 0 aromatic carbocycles. The number of aliphatic imine (C=N–C) groups is 1. The maximum Gasteiger partial charge on any atom is 0.191 e.